The zero-order valence-electron chi connectivity index (χ0n) is 16.8. The Balaban J connectivity index is 2.04. The minimum Gasteiger partial charge on any atom is -0.490 e. The van der Waals surface area contributed by atoms with Gasteiger partial charge in [-0.3, -0.25) is 4.79 Å². The molecule has 1 atom stereocenters. The van der Waals surface area contributed by atoms with Crippen molar-refractivity contribution in [1.82, 2.24) is 0 Å². The summed E-state index contributed by atoms with van der Waals surface area (Å²) >= 11 is 0. The monoisotopic (exact) mass is 385 g/mol. The second-order valence-corrected chi connectivity index (χ2v) is 6.35. The number of anilines is 1. The quantitative estimate of drug-likeness (QED) is 0.649. The zero-order valence-corrected chi connectivity index (χ0v) is 16.8. The first-order valence-electron chi connectivity index (χ1n) is 9.42. The van der Waals surface area contributed by atoms with Gasteiger partial charge in [-0.05, 0) is 63.1 Å². The van der Waals surface area contributed by atoms with Crippen molar-refractivity contribution in [2.45, 2.75) is 40.2 Å². The molecule has 1 unspecified atom stereocenters. The van der Waals surface area contributed by atoms with Gasteiger partial charge in [0.05, 0.1) is 18.8 Å². The second kappa shape index (κ2) is 10.3. The molecule has 0 heterocycles. The number of benzene rings is 2. The molecule has 28 heavy (non-hydrogen) atoms. The van der Waals surface area contributed by atoms with Gasteiger partial charge in [-0.15, -0.1) is 0 Å². The molecular weight excluding hydrogens is 358 g/mol. The van der Waals surface area contributed by atoms with Crippen molar-refractivity contribution in [2.75, 3.05) is 18.5 Å². The third-order valence-electron chi connectivity index (χ3n) is 3.88. The zero-order chi connectivity index (χ0) is 20.5. The summed E-state index contributed by atoms with van der Waals surface area (Å²) in [5.41, 5.74) is 1.97. The number of hydrogen-bond acceptors (Lipinski definition) is 5. The fourth-order valence-electron chi connectivity index (χ4n) is 2.48. The van der Waals surface area contributed by atoms with Crippen LogP contribution in [-0.4, -0.2) is 31.2 Å². The molecule has 0 fully saturated rings. The third kappa shape index (κ3) is 6.01. The van der Waals surface area contributed by atoms with Crippen LogP contribution in [0.2, 0.25) is 0 Å². The summed E-state index contributed by atoms with van der Waals surface area (Å²) < 4.78 is 16.5. The molecule has 6 nitrogen and oxygen atoms in total. The van der Waals surface area contributed by atoms with Crippen LogP contribution in [0.15, 0.2) is 42.5 Å². The maximum atomic E-state index is 12.4. The molecule has 0 bridgehead atoms. The normalized spacial score (nSPS) is 11.4. The van der Waals surface area contributed by atoms with E-state index in [2.05, 4.69) is 5.32 Å². The Labute approximate surface area is 165 Å². The summed E-state index contributed by atoms with van der Waals surface area (Å²) in [6.07, 6.45) is -0.0808. The van der Waals surface area contributed by atoms with E-state index in [0.717, 1.165) is 12.0 Å². The van der Waals surface area contributed by atoms with E-state index in [9.17, 15) is 9.59 Å². The van der Waals surface area contributed by atoms with E-state index < -0.39 is 18.0 Å². The first-order chi connectivity index (χ1) is 13.4. The van der Waals surface area contributed by atoms with Crippen molar-refractivity contribution in [3.63, 3.8) is 0 Å². The Morgan fingerprint density at radius 2 is 1.82 bits per heavy atom. The number of esters is 1. The van der Waals surface area contributed by atoms with Gasteiger partial charge in [0.25, 0.3) is 5.91 Å². The minimum atomic E-state index is -0.945. The molecule has 0 saturated carbocycles. The summed E-state index contributed by atoms with van der Waals surface area (Å²) in [6, 6.07) is 12.2. The predicted molar refractivity (Wildman–Crippen MR) is 108 cm³/mol. The maximum Gasteiger partial charge on any atom is 0.339 e. The Bertz CT molecular complexity index is 818. The number of ether oxygens (including phenoxy) is 3. The van der Waals surface area contributed by atoms with Crippen molar-refractivity contribution in [3.8, 4) is 11.5 Å². The lowest BCUT2D eigenvalue weighted by Crippen LogP contribution is -2.30. The van der Waals surface area contributed by atoms with Gasteiger partial charge < -0.3 is 19.5 Å². The highest BCUT2D eigenvalue weighted by Crippen LogP contribution is 2.29. The van der Waals surface area contributed by atoms with E-state index >= 15 is 0 Å². The summed E-state index contributed by atoms with van der Waals surface area (Å²) in [7, 11) is 0. The van der Waals surface area contributed by atoms with E-state index in [4.69, 9.17) is 14.2 Å². The van der Waals surface area contributed by atoms with E-state index in [1.54, 1.807) is 24.3 Å². The van der Waals surface area contributed by atoms with E-state index in [1.165, 1.54) is 6.92 Å². The van der Waals surface area contributed by atoms with Crippen LogP contribution < -0.4 is 14.8 Å². The Morgan fingerprint density at radius 1 is 1.04 bits per heavy atom. The van der Waals surface area contributed by atoms with Crippen molar-refractivity contribution < 1.29 is 23.8 Å². The van der Waals surface area contributed by atoms with Crippen LogP contribution in [0.25, 0.3) is 0 Å². The molecule has 150 valence electrons. The van der Waals surface area contributed by atoms with Crippen LogP contribution in [0.4, 0.5) is 5.69 Å². The van der Waals surface area contributed by atoms with E-state index in [1.807, 2.05) is 39.0 Å². The third-order valence-corrected chi connectivity index (χ3v) is 3.88. The molecule has 6 heteroatoms. The fraction of sp³-hybridized carbons (Fsp3) is 0.364. The molecule has 2 aromatic carbocycles. The average molecular weight is 385 g/mol. The van der Waals surface area contributed by atoms with Crippen LogP contribution >= 0.6 is 0 Å². The Kier molecular flexibility index (Phi) is 7.87. The molecule has 1 amide bonds. The number of rotatable bonds is 9. The average Bonchev–Trinajstić information content (AvgIpc) is 2.67. The molecule has 2 aromatic rings. The molecule has 2 rings (SSSR count). The highest BCUT2D eigenvalue weighted by atomic mass is 16.5. The van der Waals surface area contributed by atoms with Crippen LogP contribution in [0.5, 0.6) is 11.5 Å². The topological polar surface area (TPSA) is 73.9 Å². The van der Waals surface area contributed by atoms with Crippen LogP contribution in [-0.2, 0) is 9.53 Å². The maximum absolute atomic E-state index is 12.4. The predicted octanol–water partition coefficient (Wildman–Crippen LogP) is 4.37. The molecule has 0 radical (unpaired) electrons. The van der Waals surface area contributed by atoms with E-state index in [-0.39, 0.29) is 0 Å². The standard InChI is InChI=1S/C22H27NO5/c1-5-12-27-19-11-10-17(14-20(19)26-6-2)22(25)28-16(4)21(24)23-18-9-7-8-15(3)13-18/h7-11,13-14,16H,5-6,12H2,1-4H3,(H,23,24). The SMILES string of the molecule is CCCOc1ccc(C(=O)OC(C)C(=O)Nc2cccc(C)c2)cc1OCC. The molecule has 0 aromatic heterocycles. The van der Waals surface area contributed by atoms with Crippen LogP contribution in [0.1, 0.15) is 43.1 Å². The number of hydrogen-bond donors (Lipinski definition) is 1. The highest BCUT2D eigenvalue weighted by molar-refractivity contribution is 5.97. The minimum absolute atomic E-state index is 0.294. The lowest BCUT2D eigenvalue weighted by atomic mass is 10.2. The van der Waals surface area contributed by atoms with Crippen LogP contribution in [0.3, 0.4) is 0 Å². The van der Waals surface area contributed by atoms with Gasteiger partial charge in [-0.1, -0.05) is 19.1 Å². The molecule has 0 spiro atoms. The smallest absolute Gasteiger partial charge is 0.339 e. The molecule has 0 saturated heterocycles. The summed E-state index contributed by atoms with van der Waals surface area (Å²) in [5, 5.41) is 2.74. The number of aryl methyl sites for hydroxylation is 1. The second-order valence-electron chi connectivity index (χ2n) is 6.35. The summed E-state index contributed by atoms with van der Waals surface area (Å²) in [6.45, 7) is 8.33. The Hall–Kier alpha value is -3.02. The molecule has 0 aliphatic heterocycles. The Morgan fingerprint density at radius 3 is 2.50 bits per heavy atom. The summed E-state index contributed by atoms with van der Waals surface area (Å²) in [4.78, 5) is 24.7. The van der Waals surface area contributed by atoms with Crippen molar-refractivity contribution in [1.29, 1.82) is 0 Å². The van der Waals surface area contributed by atoms with Gasteiger partial charge in [0.15, 0.2) is 17.6 Å². The number of nitrogens with one attached hydrogen (secondary N) is 1. The molecular formula is C22H27NO5. The van der Waals surface area contributed by atoms with Gasteiger partial charge in [-0.25, -0.2) is 4.79 Å². The van der Waals surface area contributed by atoms with Gasteiger partial charge in [0, 0.05) is 5.69 Å². The molecule has 1 N–H and O–H groups in total. The first kappa shape index (κ1) is 21.3. The van der Waals surface area contributed by atoms with Crippen molar-refractivity contribution in [2.24, 2.45) is 0 Å². The molecule has 0 aliphatic carbocycles. The van der Waals surface area contributed by atoms with E-state index in [0.29, 0.717) is 36.0 Å². The van der Waals surface area contributed by atoms with Gasteiger partial charge in [-0.2, -0.15) is 0 Å². The van der Waals surface area contributed by atoms with Crippen molar-refractivity contribution in [3.05, 3.63) is 53.6 Å². The van der Waals surface area contributed by atoms with Crippen molar-refractivity contribution >= 4 is 17.6 Å². The fourth-order valence-corrected chi connectivity index (χ4v) is 2.48. The van der Waals surface area contributed by atoms with Gasteiger partial charge in [0.2, 0.25) is 0 Å². The number of amides is 1. The largest absolute Gasteiger partial charge is 0.490 e. The van der Waals surface area contributed by atoms with Gasteiger partial charge >= 0.3 is 5.97 Å². The lowest BCUT2D eigenvalue weighted by molar-refractivity contribution is -0.123. The highest BCUT2D eigenvalue weighted by Gasteiger charge is 2.20. The summed E-state index contributed by atoms with van der Waals surface area (Å²) in [5.74, 6) is 0.0505. The lowest BCUT2D eigenvalue weighted by Gasteiger charge is -2.15. The van der Waals surface area contributed by atoms with Crippen LogP contribution in [0, 0.1) is 6.92 Å². The first-order valence-corrected chi connectivity index (χ1v) is 9.42. The number of carbonyl (C=O) groups is 2. The van der Waals surface area contributed by atoms with Gasteiger partial charge in [0.1, 0.15) is 0 Å². The molecule has 0 aliphatic rings. The number of carbonyl (C=O) groups excluding carboxylic acids is 2.